The monoisotopic (exact) mass is 362 g/mol. The van der Waals surface area contributed by atoms with Crippen molar-refractivity contribution in [1.82, 2.24) is 15.5 Å². The zero-order chi connectivity index (χ0) is 19.1. The number of hydrogen-bond donors (Lipinski definition) is 1. The van der Waals surface area contributed by atoms with Crippen molar-refractivity contribution in [2.24, 2.45) is 0 Å². The van der Waals surface area contributed by atoms with Gasteiger partial charge in [-0.1, -0.05) is 36.4 Å². The molecule has 0 atom stereocenters. The zero-order valence-corrected chi connectivity index (χ0v) is 15.4. The number of amides is 1. The van der Waals surface area contributed by atoms with Crippen LogP contribution in [-0.4, -0.2) is 29.8 Å². The normalized spacial score (nSPS) is 10.3. The fourth-order valence-corrected chi connectivity index (χ4v) is 2.79. The van der Waals surface area contributed by atoms with Crippen molar-refractivity contribution in [3.05, 3.63) is 78.0 Å². The highest BCUT2D eigenvalue weighted by atomic mass is 16.5. The minimum absolute atomic E-state index is 0.275. The molecule has 0 fully saturated rings. The second-order valence-electron chi connectivity index (χ2n) is 5.85. The van der Waals surface area contributed by atoms with Gasteiger partial charge in [0.1, 0.15) is 5.75 Å². The highest BCUT2D eigenvalue weighted by molar-refractivity contribution is 5.92. The summed E-state index contributed by atoms with van der Waals surface area (Å²) in [5.74, 6) is 1.16. The molecule has 0 radical (unpaired) electrons. The summed E-state index contributed by atoms with van der Waals surface area (Å²) in [6.07, 6.45) is 0. The number of nitrogens with one attached hydrogen (secondary N) is 1. The molecule has 6 nitrogen and oxygen atoms in total. The molecule has 1 amide bonds. The van der Waals surface area contributed by atoms with Crippen LogP contribution < -0.4 is 15.0 Å². The van der Waals surface area contributed by atoms with E-state index in [1.807, 2.05) is 72.5 Å². The third kappa shape index (κ3) is 4.41. The molecule has 1 aromatic heterocycles. The van der Waals surface area contributed by atoms with Gasteiger partial charge in [-0.05, 0) is 37.3 Å². The maximum absolute atomic E-state index is 12.4. The van der Waals surface area contributed by atoms with Crippen LogP contribution >= 0.6 is 0 Å². The average Bonchev–Trinajstić information content (AvgIpc) is 2.74. The van der Waals surface area contributed by atoms with Gasteiger partial charge in [0.25, 0.3) is 5.91 Å². The molecular weight excluding hydrogens is 340 g/mol. The Bertz CT molecular complexity index is 882. The van der Waals surface area contributed by atoms with Gasteiger partial charge in [-0.25, -0.2) is 0 Å². The molecule has 0 aliphatic heterocycles. The Kier molecular flexibility index (Phi) is 5.99. The topological polar surface area (TPSA) is 67.4 Å². The van der Waals surface area contributed by atoms with E-state index < -0.39 is 0 Å². The number of para-hydroxylation sites is 2. The minimum atomic E-state index is -0.275. The van der Waals surface area contributed by atoms with Crippen molar-refractivity contribution in [3.63, 3.8) is 0 Å². The SMILES string of the molecule is CCN(c1ccccc1)c1ccc(C(=O)NCc2ccccc2OC)nn1. The number of anilines is 2. The molecule has 0 bridgehead atoms. The molecule has 0 saturated carbocycles. The van der Waals surface area contributed by atoms with Gasteiger partial charge in [-0.15, -0.1) is 10.2 Å². The summed E-state index contributed by atoms with van der Waals surface area (Å²) < 4.78 is 5.30. The van der Waals surface area contributed by atoms with Gasteiger partial charge in [-0.3, -0.25) is 4.79 Å². The van der Waals surface area contributed by atoms with Crippen molar-refractivity contribution in [1.29, 1.82) is 0 Å². The second kappa shape index (κ2) is 8.80. The molecule has 3 rings (SSSR count). The Morgan fingerprint density at radius 1 is 1.00 bits per heavy atom. The fourth-order valence-electron chi connectivity index (χ4n) is 2.79. The van der Waals surface area contributed by atoms with E-state index in [1.54, 1.807) is 13.2 Å². The van der Waals surface area contributed by atoms with E-state index in [-0.39, 0.29) is 11.6 Å². The molecule has 27 heavy (non-hydrogen) atoms. The molecule has 1 N–H and O–H groups in total. The predicted octanol–water partition coefficient (Wildman–Crippen LogP) is 3.57. The van der Waals surface area contributed by atoms with Gasteiger partial charge >= 0.3 is 0 Å². The maximum atomic E-state index is 12.4. The summed E-state index contributed by atoms with van der Waals surface area (Å²) in [5, 5.41) is 11.2. The summed E-state index contributed by atoms with van der Waals surface area (Å²) in [6.45, 7) is 3.15. The first-order chi connectivity index (χ1) is 13.2. The van der Waals surface area contributed by atoms with E-state index in [1.165, 1.54) is 0 Å². The van der Waals surface area contributed by atoms with E-state index in [0.717, 1.165) is 23.5 Å². The van der Waals surface area contributed by atoms with Crippen LogP contribution in [0.4, 0.5) is 11.5 Å². The second-order valence-corrected chi connectivity index (χ2v) is 5.85. The van der Waals surface area contributed by atoms with Crippen LogP contribution in [0, 0.1) is 0 Å². The third-order valence-corrected chi connectivity index (χ3v) is 4.18. The number of carbonyl (C=O) groups excluding carboxylic acids is 1. The maximum Gasteiger partial charge on any atom is 0.272 e. The first-order valence-electron chi connectivity index (χ1n) is 8.79. The van der Waals surface area contributed by atoms with Crippen molar-refractivity contribution in [3.8, 4) is 5.75 Å². The number of ether oxygens (including phenoxy) is 1. The van der Waals surface area contributed by atoms with Crippen molar-refractivity contribution >= 4 is 17.4 Å². The number of rotatable bonds is 7. The van der Waals surface area contributed by atoms with Gasteiger partial charge < -0.3 is 15.0 Å². The van der Waals surface area contributed by atoms with E-state index in [2.05, 4.69) is 15.5 Å². The molecular formula is C21H22N4O2. The molecule has 3 aromatic rings. The predicted molar refractivity (Wildman–Crippen MR) is 105 cm³/mol. The number of carbonyl (C=O) groups is 1. The van der Waals surface area contributed by atoms with Gasteiger partial charge in [0.05, 0.1) is 7.11 Å². The molecule has 0 aliphatic rings. The number of nitrogens with zero attached hydrogens (tertiary/aromatic N) is 3. The summed E-state index contributed by atoms with van der Waals surface area (Å²) in [4.78, 5) is 14.4. The van der Waals surface area contributed by atoms with Crippen LogP contribution in [0.2, 0.25) is 0 Å². The molecule has 0 saturated heterocycles. The van der Waals surface area contributed by atoms with Crippen molar-refractivity contribution in [2.45, 2.75) is 13.5 Å². The molecule has 6 heteroatoms. The summed E-state index contributed by atoms with van der Waals surface area (Å²) in [6, 6.07) is 21.0. The lowest BCUT2D eigenvalue weighted by Crippen LogP contribution is -2.25. The fraction of sp³-hybridized carbons (Fsp3) is 0.190. The molecule has 0 unspecified atom stereocenters. The van der Waals surface area contributed by atoms with Gasteiger partial charge in [0.2, 0.25) is 0 Å². The van der Waals surface area contributed by atoms with E-state index >= 15 is 0 Å². The lowest BCUT2D eigenvalue weighted by atomic mass is 10.2. The van der Waals surface area contributed by atoms with Crippen LogP contribution in [0.5, 0.6) is 5.75 Å². The first-order valence-corrected chi connectivity index (χ1v) is 8.79. The lowest BCUT2D eigenvalue weighted by Gasteiger charge is -2.21. The van der Waals surface area contributed by atoms with Gasteiger partial charge in [-0.2, -0.15) is 0 Å². The molecule has 138 valence electrons. The molecule has 0 aliphatic carbocycles. The number of aromatic nitrogens is 2. The zero-order valence-electron chi connectivity index (χ0n) is 15.4. The largest absolute Gasteiger partial charge is 0.496 e. The van der Waals surface area contributed by atoms with Gasteiger partial charge in [0.15, 0.2) is 11.5 Å². The molecule has 0 spiro atoms. The van der Waals surface area contributed by atoms with E-state index in [0.29, 0.717) is 12.4 Å². The Balaban J connectivity index is 1.68. The van der Waals surface area contributed by atoms with Crippen LogP contribution in [-0.2, 0) is 6.54 Å². The minimum Gasteiger partial charge on any atom is -0.496 e. The van der Waals surface area contributed by atoms with Crippen LogP contribution in [0.1, 0.15) is 23.0 Å². The van der Waals surface area contributed by atoms with E-state index in [4.69, 9.17) is 4.74 Å². The standard InChI is InChI=1S/C21H22N4O2/c1-3-25(17-10-5-4-6-11-17)20-14-13-18(23-24-20)21(26)22-15-16-9-7-8-12-19(16)27-2/h4-14H,3,15H2,1-2H3,(H,22,26). The average molecular weight is 362 g/mol. The summed E-state index contributed by atoms with van der Waals surface area (Å²) in [5.41, 5.74) is 2.21. The number of methoxy groups -OCH3 is 1. The first kappa shape index (κ1) is 18.4. The number of benzene rings is 2. The highest BCUT2D eigenvalue weighted by Crippen LogP contribution is 2.22. The van der Waals surface area contributed by atoms with Crippen LogP contribution in [0.25, 0.3) is 0 Å². The van der Waals surface area contributed by atoms with Crippen LogP contribution in [0.15, 0.2) is 66.7 Å². The van der Waals surface area contributed by atoms with Crippen LogP contribution in [0.3, 0.4) is 0 Å². The van der Waals surface area contributed by atoms with Crippen molar-refractivity contribution in [2.75, 3.05) is 18.6 Å². The lowest BCUT2D eigenvalue weighted by molar-refractivity contribution is 0.0944. The highest BCUT2D eigenvalue weighted by Gasteiger charge is 2.13. The van der Waals surface area contributed by atoms with Crippen molar-refractivity contribution < 1.29 is 9.53 Å². The Hall–Kier alpha value is -3.41. The Labute approximate surface area is 158 Å². The van der Waals surface area contributed by atoms with E-state index in [9.17, 15) is 4.79 Å². The van der Waals surface area contributed by atoms with Gasteiger partial charge in [0, 0.05) is 24.3 Å². The molecule has 1 heterocycles. The summed E-state index contributed by atoms with van der Waals surface area (Å²) in [7, 11) is 1.61. The smallest absolute Gasteiger partial charge is 0.272 e. The third-order valence-electron chi connectivity index (χ3n) is 4.18. The Morgan fingerprint density at radius 2 is 1.74 bits per heavy atom. The summed E-state index contributed by atoms with van der Waals surface area (Å²) >= 11 is 0. The molecule has 2 aromatic carbocycles. The Morgan fingerprint density at radius 3 is 2.41 bits per heavy atom. The number of hydrogen-bond acceptors (Lipinski definition) is 5. The quantitative estimate of drug-likeness (QED) is 0.696.